The number of methoxy groups -OCH3 is 2. The zero-order chi connectivity index (χ0) is 33.1. The third kappa shape index (κ3) is 6.56. The Morgan fingerprint density at radius 1 is 0.957 bits per heavy atom. The van der Waals surface area contributed by atoms with Crippen LogP contribution in [-0.2, 0) is 11.4 Å². The number of thiazole rings is 1. The van der Waals surface area contributed by atoms with E-state index in [9.17, 15) is 18.4 Å². The summed E-state index contributed by atoms with van der Waals surface area (Å²) in [5.74, 6) is -0.865. The molecule has 1 aliphatic heterocycles. The minimum absolute atomic E-state index is 0.0643. The van der Waals surface area contributed by atoms with Crippen molar-refractivity contribution in [2.45, 2.75) is 19.6 Å². The SMILES string of the molecule is COc1ccc(C2C(C(=O)Nc3ccccc3)=C(C)N=c3s/c(=C/c4ccc(OC)c(COc5ccc(F)cc5F)c4)c(=O)n32)cc1. The summed E-state index contributed by atoms with van der Waals surface area (Å²) >= 11 is 1.20. The summed E-state index contributed by atoms with van der Waals surface area (Å²) in [5, 5.41) is 2.94. The summed E-state index contributed by atoms with van der Waals surface area (Å²) in [7, 11) is 3.07. The number of aromatic nitrogens is 1. The maximum atomic E-state index is 14.2. The number of carbonyl (C=O) groups excluding carboxylic acids is 1. The van der Waals surface area contributed by atoms with Crippen molar-refractivity contribution in [2.75, 3.05) is 19.5 Å². The number of carbonyl (C=O) groups is 1. The fourth-order valence-corrected chi connectivity index (χ4v) is 6.38. The van der Waals surface area contributed by atoms with E-state index in [1.165, 1.54) is 29.1 Å². The van der Waals surface area contributed by atoms with Gasteiger partial charge in [-0.1, -0.05) is 47.7 Å². The van der Waals surface area contributed by atoms with Crippen LogP contribution in [0.1, 0.15) is 29.7 Å². The van der Waals surface area contributed by atoms with Crippen LogP contribution in [0, 0.1) is 11.6 Å². The van der Waals surface area contributed by atoms with Gasteiger partial charge in [-0.25, -0.2) is 13.8 Å². The summed E-state index contributed by atoms with van der Waals surface area (Å²) in [6.45, 7) is 1.69. The van der Waals surface area contributed by atoms with Crippen LogP contribution in [0.2, 0.25) is 0 Å². The molecule has 47 heavy (non-hydrogen) atoms. The minimum Gasteiger partial charge on any atom is -0.497 e. The van der Waals surface area contributed by atoms with E-state index in [2.05, 4.69) is 5.32 Å². The summed E-state index contributed by atoms with van der Waals surface area (Å²) in [5.41, 5.74) is 3.08. The fourth-order valence-electron chi connectivity index (χ4n) is 5.33. The molecule has 8 nitrogen and oxygen atoms in total. The molecule has 0 saturated heterocycles. The predicted molar refractivity (Wildman–Crippen MR) is 176 cm³/mol. The van der Waals surface area contributed by atoms with Gasteiger partial charge in [0.2, 0.25) is 0 Å². The van der Waals surface area contributed by atoms with Crippen molar-refractivity contribution in [1.29, 1.82) is 0 Å². The predicted octanol–water partition coefficient (Wildman–Crippen LogP) is 5.75. The Kier molecular flexibility index (Phi) is 8.99. The third-order valence-electron chi connectivity index (χ3n) is 7.61. The molecule has 1 N–H and O–H groups in total. The second kappa shape index (κ2) is 13.4. The van der Waals surface area contributed by atoms with Gasteiger partial charge >= 0.3 is 0 Å². The Morgan fingerprint density at radius 2 is 1.70 bits per heavy atom. The highest BCUT2D eigenvalue weighted by Gasteiger charge is 2.32. The van der Waals surface area contributed by atoms with Gasteiger partial charge in [-0.3, -0.25) is 14.2 Å². The van der Waals surface area contributed by atoms with E-state index in [-0.39, 0.29) is 23.8 Å². The lowest BCUT2D eigenvalue weighted by atomic mass is 9.95. The van der Waals surface area contributed by atoms with Crippen LogP contribution in [0.25, 0.3) is 6.08 Å². The number of nitrogens with one attached hydrogen (secondary N) is 1. The largest absolute Gasteiger partial charge is 0.497 e. The second-order valence-electron chi connectivity index (χ2n) is 10.6. The third-order valence-corrected chi connectivity index (χ3v) is 8.59. The van der Waals surface area contributed by atoms with Crippen LogP contribution in [0.5, 0.6) is 17.2 Å². The van der Waals surface area contributed by atoms with Gasteiger partial charge in [0.1, 0.15) is 23.9 Å². The van der Waals surface area contributed by atoms with Crippen molar-refractivity contribution in [2.24, 2.45) is 4.99 Å². The van der Waals surface area contributed by atoms with Crippen molar-refractivity contribution in [3.63, 3.8) is 0 Å². The molecule has 0 bridgehead atoms. The van der Waals surface area contributed by atoms with Gasteiger partial charge in [-0.05, 0) is 72.7 Å². The molecule has 2 heterocycles. The van der Waals surface area contributed by atoms with Crippen LogP contribution in [0.15, 0.2) is 112 Å². The van der Waals surface area contributed by atoms with Gasteiger partial charge in [-0.2, -0.15) is 0 Å². The van der Waals surface area contributed by atoms with Crippen molar-refractivity contribution in [1.82, 2.24) is 4.57 Å². The second-order valence-corrected chi connectivity index (χ2v) is 11.6. The molecular weight excluding hydrogens is 624 g/mol. The van der Waals surface area contributed by atoms with Crippen LogP contribution < -0.4 is 34.4 Å². The molecule has 0 fully saturated rings. The smallest absolute Gasteiger partial charge is 0.271 e. The van der Waals surface area contributed by atoms with E-state index in [1.54, 1.807) is 62.6 Å². The van der Waals surface area contributed by atoms with Gasteiger partial charge in [0.25, 0.3) is 11.5 Å². The Bertz CT molecular complexity index is 2180. The van der Waals surface area contributed by atoms with E-state index >= 15 is 0 Å². The van der Waals surface area contributed by atoms with Gasteiger partial charge in [0.15, 0.2) is 16.4 Å². The van der Waals surface area contributed by atoms with Gasteiger partial charge in [0.05, 0.1) is 36.1 Å². The monoisotopic (exact) mass is 653 g/mol. The molecule has 1 atom stereocenters. The number of benzene rings is 4. The minimum atomic E-state index is -0.820. The maximum absolute atomic E-state index is 14.2. The molecule has 0 radical (unpaired) electrons. The number of halogens is 2. The first-order valence-corrected chi connectivity index (χ1v) is 15.3. The van der Waals surface area contributed by atoms with Crippen LogP contribution in [0.3, 0.4) is 0 Å². The lowest BCUT2D eigenvalue weighted by Gasteiger charge is -2.25. The number of anilines is 1. The highest BCUT2D eigenvalue weighted by molar-refractivity contribution is 7.07. The van der Waals surface area contributed by atoms with E-state index < -0.39 is 17.7 Å². The summed E-state index contributed by atoms with van der Waals surface area (Å²) in [4.78, 5) is 33.0. The highest BCUT2D eigenvalue weighted by atomic mass is 32.1. The Balaban J connectivity index is 1.40. The lowest BCUT2D eigenvalue weighted by molar-refractivity contribution is -0.113. The standard InChI is InChI=1S/C36H29F2N3O5S/c1-21-32(34(42)40-26-7-5-4-6-8-26)33(23-10-13-27(44-2)14-11-23)41-35(43)31(47-36(41)39-21)18-22-9-15-29(45-3)24(17-22)20-46-30-16-12-25(37)19-28(30)38/h4-19,33H,20H2,1-3H3,(H,40,42)/b31-18+. The zero-order valence-electron chi connectivity index (χ0n) is 25.6. The molecule has 5 aromatic rings. The molecule has 1 aliphatic rings. The molecule has 1 unspecified atom stereocenters. The van der Waals surface area contributed by atoms with E-state index in [4.69, 9.17) is 19.2 Å². The molecule has 6 rings (SSSR count). The molecule has 0 aliphatic carbocycles. The molecule has 0 saturated carbocycles. The van der Waals surface area contributed by atoms with E-state index in [0.29, 0.717) is 54.5 Å². The quantitative estimate of drug-likeness (QED) is 0.219. The highest BCUT2D eigenvalue weighted by Crippen LogP contribution is 2.32. The molecule has 238 valence electrons. The lowest BCUT2D eigenvalue weighted by Crippen LogP contribution is -2.40. The Hall–Kier alpha value is -5.55. The number of nitrogens with zero attached hydrogens (tertiary/aromatic N) is 2. The average Bonchev–Trinajstić information content (AvgIpc) is 3.37. The molecule has 1 amide bonds. The van der Waals surface area contributed by atoms with Crippen molar-refractivity contribution < 1.29 is 27.8 Å². The number of para-hydroxylation sites is 1. The molecule has 1 aromatic heterocycles. The summed E-state index contributed by atoms with van der Waals surface area (Å²) < 4.78 is 45.9. The molecule has 0 spiro atoms. The normalized spacial score (nSPS) is 14.3. The van der Waals surface area contributed by atoms with Crippen molar-refractivity contribution >= 4 is 29.0 Å². The van der Waals surface area contributed by atoms with Crippen LogP contribution in [0.4, 0.5) is 14.5 Å². The van der Waals surface area contributed by atoms with Crippen molar-refractivity contribution in [3.05, 3.63) is 150 Å². The number of rotatable bonds is 9. The molecule has 4 aromatic carbocycles. The first-order valence-electron chi connectivity index (χ1n) is 14.5. The average molecular weight is 654 g/mol. The maximum Gasteiger partial charge on any atom is 0.271 e. The van der Waals surface area contributed by atoms with Crippen LogP contribution in [-0.4, -0.2) is 24.7 Å². The number of hydrogen-bond donors (Lipinski definition) is 1. The first kappa shape index (κ1) is 31.4. The Labute approximate surface area is 272 Å². The zero-order valence-corrected chi connectivity index (χ0v) is 26.4. The van der Waals surface area contributed by atoms with Gasteiger partial charge in [-0.15, -0.1) is 0 Å². The Morgan fingerprint density at radius 3 is 2.40 bits per heavy atom. The molecule has 11 heteroatoms. The van der Waals surface area contributed by atoms with E-state index in [0.717, 1.165) is 12.1 Å². The molecular formula is C36H29F2N3O5S. The van der Waals surface area contributed by atoms with Gasteiger partial charge < -0.3 is 19.5 Å². The number of ether oxygens (including phenoxy) is 3. The summed E-state index contributed by atoms with van der Waals surface area (Å²) in [6.07, 6.45) is 1.72. The number of allylic oxidation sites excluding steroid dienone is 1. The number of hydrogen-bond acceptors (Lipinski definition) is 7. The van der Waals surface area contributed by atoms with E-state index in [1.807, 2.05) is 30.3 Å². The number of amides is 1. The fraction of sp³-hybridized carbons (Fsp3) is 0.139. The summed E-state index contributed by atoms with van der Waals surface area (Å²) in [6, 6.07) is 23.9. The number of fused-ring (bicyclic) bond motifs is 1. The topological polar surface area (TPSA) is 91.2 Å². The van der Waals surface area contributed by atoms with Crippen molar-refractivity contribution in [3.8, 4) is 17.2 Å². The van der Waals surface area contributed by atoms with Crippen LogP contribution >= 0.6 is 11.3 Å². The van der Waals surface area contributed by atoms with Gasteiger partial charge in [0, 0.05) is 17.3 Å². The first-order chi connectivity index (χ1) is 22.7.